The first kappa shape index (κ1) is 9.81. The third kappa shape index (κ3) is 3.41. The molecule has 0 spiro atoms. The van der Waals surface area contributed by atoms with Crippen LogP contribution in [-0.4, -0.2) is 21.6 Å². The van der Waals surface area contributed by atoms with Crippen LogP contribution in [-0.2, 0) is 0 Å². The van der Waals surface area contributed by atoms with Crippen molar-refractivity contribution in [2.45, 2.75) is 11.9 Å². The normalized spacial score (nSPS) is 12.8. The number of aromatic nitrogens is 2. The Kier molecular flexibility index (Phi) is 4.40. The first-order valence-corrected chi connectivity index (χ1v) is 5.29. The van der Waals surface area contributed by atoms with Crippen LogP contribution in [0.1, 0.15) is 6.92 Å². The van der Waals surface area contributed by atoms with Crippen molar-refractivity contribution in [3.8, 4) is 0 Å². The van der Waals surface area contributed by atoms with E-state index in [0.717, 1.165) is 10.8 Å². The quantitative estimate of drug-likeness (QED) is 0.554. The SMILES string of the molecule is CC(CCl)CSc1cnccn1. The van der Waals surface area contributed by atoms with Gasteiger partial charge in [0, 0.05) is 24.0 Å². The Labute approximate surface area is 81.8 Å². The van der Waals surface area contributed by atoms with Crippen molar-refractivity contribution >= 4 is 23.4 Å². The highest BCUT2D eigenvalue weighted by molar-refractivity contribution is 7.99. The van der Waals surface area contributed by atoms with Crippen LogP contribution in [0.4, 0.5) is 0 Å². The first-order chi connectivity index (χ1) is 5.83. The lowest BCUT2D eigenvalue weighted by Gasteiger charge is -2.04. The van der Waals surface area contributed by atoms with Crippen molar-refractivity contribution in [3.63, 3.8) is 0 Å². The van der Waals surface area contributed by atoms with E-state index in [2.05, 4.69) is 16.9 Å². The Morgan fingerprint density at radius 2 is 2.42 bits per heavy atom. The molecule has 0 saturated heterocycles. The van der Waals surface area contributed by atoms with E-state index in [0.29, 0.717) is 11.8 Å². The molecule has 66 valence electrons. The Morgan fingerprint density at radius 3 is 3.00 bits per heavy atom. The monoisotopic (exact) mass is 202 g/mol. The van der Waals surface area contributed by atoms with E-state index >= 15 is 0 Å². The molecule has 0 aromatic carbocycles. The predicted molar refractivity (Wildman–Crippen MR) is 52.6 cm³/mol. The fourth-order valence-electron chi connectivity index (χ4n) is 0.632. The molecule has 0 radical (unpaired) electrons. The summed E-state index contributed by atoms with van der Waals surface area (Å²) in [6.45, 7) is 2.12. The van der Waals surface area contributed by atoms with Crippen LogP contribution in [0.2, 0.25) is 0 Å². The maximum absolute atomic E-state index is 5.67. The van der Waals surface area contributed by atoms with Gasteiger partial charge < -0.3 is 0 Å². The Balaban J connectivity index is 2.33. The van der Waals surface area contributed by atoms with Crippen molar-refractivity contribution in [3.05, 3.63) is 18.6 Å². The van der Waals surface area contributed by atoms with Crippen molar-refractivity contribution < 1.29 is 0 Å². The Bertz CT molecular complexity index is 218. The van der Waals surface area contributed by atoms with Crippen LogP contribution >= 0.6 is 23.4 Å². The molecule has 0 N–H and O–H groups in total. The summed E-state index contributed by atoms with van der Waals surface area (Å²) in [5.41, 5.74) is 0. The third-order valence-corrected chi connectivity index (χ3v) is 3.09. The van der Waals surface area contributed by atoms with Crippen LogP contribution in [0.3, 0.4) is 0 Å². The number of nitrogens with zero attached hydrogens (tertiary/aromatic N) is 2. The van der Waals surface area contributed by atoms with Crippen molar-refractivity contribution in [1.29, 1.82) is 0 Å². The molecule has 0 aliphatic heterocycles. The van der Waals surface area contributed by atoms with Gasteiger partial charge in [-0.05, 0) is 5.92 Å². The van der Waals surface area contributed by atoms with E-state index in [1.54, 1.807) is 30.4 Å². The molecule has 0 aliphatic rings. The van der Waals surface area contributed by atoms with Gasteiger partial charge in [-0.1, -0.05) is 6.92 Å². The van der Waals surface area contributed by atoms with Crippen LogP contribution in [0.25, 0.3) is 0 Å². The minimum atomic E-state index is 0.527. The van der Waals surface area contributed by atoms with E-state index in [9.17, 15) is 0 Å². The lowest BCUT2D eigenvalue weighted by atomic mass is 10.3. The van der Waals surface area contributed by atoms with Crippen LogP contribution in [0, 0.1) is 5.92 Å². The lowest BCUT2D eigenvalue weighted by molar-refractivity contribution is 0.758. The second-order valence-electron chi connectivity index (χ2n) is 2.61. The van der Waals surface area contributed by atoms with E-state index in [1.807, 2.05) is 0 Å². The summed E-state index contributed by atoms with van der Waals surface area (Å²) in [5.74, 6) is 2.23. The number of rotatable bonds is 4. The summed E-state index contributed by atoms with van der Waals surface area (Å²) < 4.78 is 0. The minimum absolute atomic E-state index is 0.527. The third-order valence-electron chi connectivity index (χ3n) is 1.32. The molecule has 2 nitrogen and oxygen atoms in total. The molecular weight excluding hydrogens is 192 g/mol. The lowest BCUT2D eigenvalue weighted by Crippen LogP contribution is -1.99. The number of hydrogen-bond acceptors (Lipinski definition) is 3. The van der Waals surface area contributed by atoms with Gasteiger partial charge in [-0.2, -0.15) is 0 Å². The number of halogens is 1. The largest absolute Gasteiger partial charge is 0.260 e. The van der Waals surface area contributed by atoms with Gasteiger partial charge >= 0.3 is 0 Å². The average molecular weight is 203 g/mol. The van der Waals surface area contributed by atoms with E-state index in [-0.39, 0.29) is 0 Å². The molecule has 1 unspecified atom stereocenters. The smallest absolute Gasteiger partial charge is 0.114 e. The van der Waals surface area contributed by atoms with Gasteiger partial charge in [0.15, 0.2) is 0 Å². The van der Waals surface area contributed by atoms with Gasteiger partial charge in [-0.15, -0.1) is 23.4 Å². The topological polar surface area (TPSA) is 25.8 Å². The van der Waals surface area contributed by atoms with E-state index < -0.39 is 0 Å². The van der Waals surface area contributed by atoms with Crippen molar-refractivity contribution in [2.75, 3.05) is 11.6 Å². The molecule has 0 amide bonds. The molecule has 0 fully saturated rings. The van der Waals surface area contributed by atoms with Gasteiger partial charge in [-0.25, -0.2) is 4.98 Å². The zero-order chi connectivity index (χ0) is 8.81. The summed E-state index contributed by atoms with van der Waals surface area (Å²) in [4.78, 5) is 8.11. The number of hydrogen-bond donors (Lipinski definition) is 0. The average Bonchev–Trinajstić information content (AvgIpc) is 2.16. The Hall–Kier alpha value is -0.280. The molecule has 1 aromatic rings. The second-order valence-corrected chi connectivity index (χ2v) is 3.96. The molecule has 1 rings (SSSR count). The predicted octanol–water partition coefficient (Wildman–Crippen LogP) is 2.44. The molecular formula is C8H11ClN2S. The standard InChI is InChI=1S/C8H11ClN2S/c1-7(4-9)6-12-8-5-10-2-3-11-8/h2-3,5,7H,4,6H2,1H3. The summed E-state index contributed by atoms with van der Waals surface area (Å²) >= 11 is 7.36. The molecule has 12 heavy (non-hydrogen) atoms. The molecule has 1 atom stereocenters. The van der Waals surface area contributed by atoms with Gasteiger partial charge in [0.05, 0.1) is 6.20 Å². The highest BCUT2D eigenvalue weighted by atomic mass is 35.5. The minimum Gasteiger partial charge on any atom is -0.260 e. The zero-order valence-corrected chi connectivity index (χ0v) is 8.48. The van der Waals surface area contributed by atoms with Gasteiger partial charge in [0.1, 0.15) is 5.03 Å². The maximum atomic E-state index is 5.67. The highest BCUT2D eigenvalue weighted by Crippen LogP contribution is 2.17. The fraction of sp³-hybridized carbons (Fsp3) is 0.500. The summed E-state index contributed by atoms with van der Waals surface area (Å²) in [6.07, 6.45) is 5.15. The van der Waals surface area contributed by atoms with Crippen LogP contribution in [0.5, 0.6) is 0 Å². The van der Waals surface area contributed by atoms with Crippen LogP contribution in [0.15, 0.2) is 23.6 Å². The zero-order valence-electron chi connectivity index (χ0n) is 6.90. The van der Waals surface area contributed by atoms with E-state index in [1.165, 1.54) is 0 Å². The van der Waals surface area contributed by atoms with E-state index in [4.69, 9.17) is 11.6 Å². The maximum Gasteiger partial charge on any atom is 0.114 e. The van der Waals surface area contributed by atoms with Gasteiger partial charge in [0.25, 0.3) is 0 Å². The molecule has 1 heterocycles. The number of alkyl halides is 1. The van der Waals surface area contributed by atoms with Gasteiger partial charge in [-0.3, -0.25) is 4.98 Å². The van der Waals surface area contributed by atoms with Crippen molar-refractivity contribution in [1.82, 2.24) is 9.97 Å². The van der Waals surface area contributed by atoms with Crippen LogP contribution < -0.4 is 0 Å². The molecule has 4 heteroatoms. The van der Waals surface area contributed by atoms with Gasteiger partial charge in [0.2, 0.25) is 0 Å². The first-order valence-electron chi connectivity index (χ1n) is 3.77. The molecule has 0 bridgehead atoms. The second kappa shape index (κ2) is 5.38. The number of thioether (sulfide) groups is 1. The highest BCUT2D eigenvalue weighted by Gasteiger charge is 2.01. The summed E-state index contributed by atoms with van der Waals surface area (Å²) in [5, 5.41) is 0.967. The van der Waals surface area contributed by atoms with Crippen molar-refractivity contribution in [2.24, 2.45) is 5.92 Å². The Morgan fingerprint density at radius 1 is 1.58 bits per heavy atom. The molecule has 0 saturated carbocycles. The summed E-state index contributed by atoms with van der Waals surface area (Å²) in [6, 6.07) is 0. The molecule has 1 aromatic heterocycles. The fourth-order valence-corrected chi connectivity index (χ4v) is 1.71. The molecule has 0 aliphatic carbocycles. The summed E-state index contributed by atoms with van der Waals surface area (Å²) in [7, 11) is 0.